The molecule has 0 spiro atoms. The van der Waals surface area contributed by atoms with Crippen molar-refractivity contribution < 1.29 is 48.8 Å². The lowest BCUT2D eigenvalue weighted by Gasteiger charge is -2.40. The molecule has 10 nitrogen and oxygen atoms in total. The molecule has 10 heteroatoms. The summed E-state index contributed by atoms with van der Waals surface area (Å²) in [4.78, 5) is 0. The van der Waals surface area contributed by atoms with Crippen molar-refractivity contribution >= 4 is 0 Å². The van der Waals surface area contributed by atoms with Crippen LogP contribution in [0.15, 0.2) is 30.3 Å². The molecule has 2 aliphatic rings. The summed E-state index contributed by atoms with van der Waals surface area (Å²) in [6.45, 7) is 1.61. The highest BCUT2D eigenvalue weighted by Gasteiger charge is 2.45. The molecule has 2 heterocycles. The number of fused-ring (bicyclic) bond motifs is 1. The first-order chi connectivity index (χ1) is 17.9. The molecule has 1 fully saturated rings. The number of rotatable bonds is 10. The first kappa shape index (κ1) is 27.4. The average molecular weight is 521 g/mol. The second-order valence-electron chi connectivity index (χ2n) is 9.29. The van der Waals surface area contributed by atoms with Crippen LogP contribution >= 0.6 is 0 Å². The molecule has 0 radical (unpaired) electrons. The maximum atomic E-state index is 10.6. The zero-order valence-corrected chi connectivity index (χ0v) is 21.5. The third-order valence-corrected chi connectivity index (χ3v) is 7.01. The van der Waals surface area contributed by atoms with Crippen molar-refractivity contribution in [3.05, 3.63) is 47.0 Å². The topological polar surface area (TPSA) is 136 Å². The van der Waals surface area contributed by atoms with E-state index in [2.05, 4.69) is 0 Å². The van der Waals surface area contributed by atoms with Crippen molar-refractivity contribution in [1.29, 1.82) is 0 Å². The highest BCUT2D eigenvalue weighted by Crippen LogP contribution is 2.51. The van der Waals surface area contributed by atoms with Gasteiger partial charge in [0, 0.05) is 19.3 Å². The lowest BCUT2D eigenvalue weighted by Crippen LogP contribution is -2.59. The van der Waals surface area contributed by atoms with Crippen molar-refractivity contribution in [1.82, 2.24) is 0 Å². The van der Waals surface area contributed by atoms with Gasteiger partial charge in [0.1, 0.15) is 24.4 Å². The van der Waals surface area contributed by atoms with Crippen LogP contribution in [0.25, 0.3) is 0 Å². The molecule has 7 unspecified atom stereocenters. The molecule has 1 saturated heterocycles. The lowest BCUT2D eigenvalue weighted by atomic mass is 9.90. The summed E-state index contributed by atoms with van der Waals surface area (Å²) in [6, 6.07) is 9.13. The number of ether oxygens (including phenoxy) is 6. The highest BCUT2D eigenvalue weighted by atomic mass is 16.7. The van der Waals surface area contributed by atoms with Crippen LogP contribution in [0.4, 0.5) is 0 Å². The summed E-state index contributed by atoms with van der Waals surface area (Å²) in [6.07, 6.45) is -3.99. The Labute approximate surface area is 216 Å². The fourth-order valence-corrected chi connectivity index (χ4v) is 4.99. The first-order valence-corrected chi connectivity index (χ1v) is 12.3. The van der Waals surface area contributed by atoms with Gasteiger partial charge in [0.25, 0.3) is 0 Å². The molecular formula is C27H36O10. The molecule has 0 saturated carbocycles. The second-order valence-corrected chi connectivity index (χ2v) is 9.29. The molecule has 204 valence electrons. The highest BCUT2D eigenvalue weighted by molar-refractivity contribution is 5.56. The molecule has 0 aliphatic carbocycles. The molecule has 37 heavy (non-hydrogen) atoms. The summed E-state index contributed by atoms with van der Waals surface area (Å²) in [7, 11) is 4.48. The smallest absolute Gasteiger partial charge is 0.229 e. The van der Waals surface area contributed by atoms with Crippen LogP contribution in [0.1, 0.15) is 42.1 Å². The Morgan fingerprint density at radius 2 is 1.68 bits per heavy atom. The third kappa shape index (κ3) is 5.36. The van der Waals surface area contributed by atoms with Gasteiger partial charge in [-0.1, -0.05) is 12.1 Å². The van der Waals surface area contributed by atoms with Crippen molar-refractivity contribution in [2.45, 2.75) is 62.5 Å². The number of aliphatic hydroxyl groups is 4. The van der Waals surface area contributed by atoms with Crippen molar-refractivity contribution in [2.75, 3.05) is 34.5 Å². The second kappa shape index (κ2) is 11.8. The fraction of sp³-hybridized carbons (Fsp3) is 0.556. The van der Waals surface area contributed by atoms with E-state index in [4.69, 9.17) is 28.4 Å². The minimum Gasteiger partial charge on any atom is -0.493 e. The summed E-state index contributed by atoms with van der Waals surface area (Å²) >= 11 is 0. The first-order valence-electron chi connectivity index (χ1n) is 12.3. The Morgan fingerprint density at radius 3 is 2.32 bits per heavy atom. The van der Waals surface area contributed by atoms with Gasteiger partial charge in [0.05, 0.1) is 32.8 Å². The van der Waals surface area contributed by atoms with Crippen molar-refractivity contribution in [2.24, 2.45) is 0 Å². The summed E-state index contributed by atoms with van der Waals surface area (Å²) in [5, 5.41) is 40.4. The van der Waals surface area contributed by atoms with E-state index in [1.807, 2.05) is 12.1 Å². The van der Waals surface area contributed by atoms with Crippen LogP contribution in [-0.4, -0.2) is 85.7 Å². The average Bonchev–Trinajstić information content (AvgIpc) is 3.29. The van der Waals surface area contributed by atoms with Gasteiger partial charge < -0.3 is 48.8 Å². The van der Waals surface area contributed by atoms with E-state index in [1.165, 1.54) is 14.2 Å². The number of methoxy groups -OCH3 is 3. The minimum absolute atomic E-state index is 0.0880. The molecular weight excluding hydrogens is 484 g/mol. The van der Waals surface area contributed by atoms with E-state index < -0.39 is 36.8 Å². The summed E-state index contributed by atoms with van der Waals surface area (Å²) in [5.74, 6) is 1.52. The largest absolute Gasteiger partial charge is 0.493 e. The van der Waals surface area contributed by atoms with Gasteiger partial charge in [-0.3, -0.25) is 0 Å². The number of hydrogen-bond donors (Lipinski definition) is 4. The van der Waals surface area contributed by atoms with Gasteiger partial charge in [0.15, 0.2) is 23.0 Å². The summed E-state index contributed by atoms with van der Waals surface area (Å²) in [5.41, 5.74) is 2.59. The van der Waals surface area contributed by atoms with E-state index in [-0.39, 0.29) is 19.1 Å². The SMILES string of the molecule is COc1cc(C2Oc3c(OC)cc(CCCO)cc3C2CO)ccc1OC1OC(C)C(O)C(OC)C1O. The van der Waals surface area contributed by atoms with Crippen molar-refractivity contribution in [3.63, 3.8) is 0 Å². The number of hydrogen-bond acceptors (Lipinski definition) is 10. The molecule has 4 rings (SSSR count). The van der Waals surface area contributed by atoms with Crippen LogP contribution in [0.3, 0.4) is 0 Å². The molecule has 2 aromatic carbocycles. The van der Waals surface area contributed by atoms with E-state index >= 15 is 0 Å². The fourth-order valence-electron chi connectivity index (χ4n) is 4.99. The lowest BCUT2D eigenvalue weighted by molar-refractivity contribution is -0.273. The maximum absolute atomic E-state index is 10.6. The van der Waals surface area contributed by atoms with Gasteiger partial charge in [-0.15, -0.1) is 0 Å². The Bertz CT molecular complexity index is 1060. The van der Waals surface area contributed by atoms with Crippen LogP contribution in [0.2, 0.25) is 0 Å². The molecule has 7 atom stereocenters. The number of aliphatic hydroxyl groups excluding tert-OH is 4. The minimum atomic E-state index is -1.22. The van der Waals surface area contributed by atoms with Crippen LogP contribution < -0.4 is 18.9 Å². The molecule has 0 aromatic heterocycles. The predicted octanol–water partition coefficient (Wildman–Crippen LogP) is 1.70. The maximum Gasteiger partial charge on any atom is 0.229 e. The molecule has 0 amide bonds. The van der Waals surface area contributed by atoms with Crippen LogP contribution in [0.5, 0.6) is 23.0 Å². The van der Waals surface area contributed by atoms with Gasteiger partial charge >= 0.3 is 0 Å². The van der Waals surface area contributed by atoms with Gasteiger partial charge in [-0.05, 0) is 49.1 Å². The molecule has 4 N–H and O–H groups in total. The van der Waals surface area contributed by atoms with Gasteiger partial charge in [-0.2, -0.15) is 0 Å². The molecule has 2 aliphatic heterocycles. The number of benzene rings is 2. The van der Waals surface area contributed by atoms with E-state index in [9.17, 15) is 20.4 Å². The van der Waals surface area contributed by atoms with Gasteiger partial charge in [-0.25, -0.2) is 0 Å². The Hall–Kier alpha value is -2.60. The molecule has 0 bridgehead atoms. The molecule has 2 aromatic rings. The van der Waals surface area contributed by atoms with Gasteiger partial charge in [0.2, 0.25) is 6.29 Å². The Kier molecular flexibility index (Phi) is 8.79. The Morgan fingerprint density at radius 1 is 0.919 bits per heavy atom. The third-order valence-electron chi connectivity index (χ3n) is 7.01. The predicted molar refractivity (Wildman–Crippen MR) is 132 cm³/mol. The van der Waals surface area contributed by atoms with E-state index in [1.54, 1.807) is 32.2 Å². The number of aryl methyl sites for hydroxylation is 1. The summed E-state index contributed by atoms with van der Waals surface area (Å²) < 4.78 is 34.3. The van der Waals surface area contributed by atoms with E-state index in [0.717, 1.165) is 16.7 Å². The Balaban J connectivity index is 1.60. The standard InChI is InChI=1S/C27H36O10/c1-14-22(30)26(34-4)23(31)27(35-14)36-19-8-7-16(12-20(19)32-2)24-18(13-29)17-10-15(6-5-9-28)11-21(33-3)25(17)37-24/h7-8,10-12,14,18,22-24,26-31H,5-6,9,13H2,1-4H3. The quantitative estimate of drug-likeness (QED) is 0.366. The normalized spacial score (nSPS) is 28.9. The zero-order chi connectivity index (χ0) is 26.7. The van der Waals surface area contributed by atoms with Crippen molar-refractivity contribution in [3.8, 4) is 23.0 Å². The monoisotopic (exact) mass is 520 g/mol. The van der Waals surface area contributed by atoms with Crippen LogP contribution in [-0.2, 0) is 15.9 Å². The zero-order valence-electron chi connectivity index (χ0n) is 21.5. The van der Waals surface area contributed by atoms with Crippen LogP contribution in [0, 0.1) is 0 Å². The van der Waals surface area contributed by atoms with E-state index in [0.29, 0.717) is 35.8 Å².